The Morgan fingerprint density at radius 2 is 2.31 bits per heavy atom. The fraction of sp³-hybridized carbons (Fsp3) is 0.727. The summed E-state index contributed by atoms with van der Waals surface area (Å²) in [5.74, 6) is 2.01. The van der Waals surface area contributed by atoms with E-state index in [1.165, 1.54) is 13.3 Å². The molecule has 13 heavy (non-hydrogen) atoms. The highest BCUT2D eigenvalue weighted by Crippen LogP contribution is 2.59. The summed E-state index contributed by atoms with van der Waals surface area (Å²) in [6.07, 6.45) is 4.36. The number of carbonyl (C=O) groups is 1. The van der Waals surface area contributed by atoms with Crippen LogP contribution in [0.25, 0.3) is 0 Å². The summed E-state index contributed by atoms with van der Waals surface area (Å²) in [6.45, 7) is 6.00. The Balaban J connectivity index is 2.14. The van der Waals surface area contributed by atoms with Crippen LogP contribution in [0.2, 0.25) is 0 Å². The second kappa shape index (κ2) is 2.60. The van der Waals surface area contributed by atoms with Gasteiger partial charge in [0.25, 0.3) is 0 Å². The lowest BCUT2D eigenvalue weighted by molar-refractivity contribution is -0.142. The highest BCUT2D eigenvalue weighted by Gasteiger charge is 2.52. The molecule has 2 nitrogen and oxygen atoms in total. The number of hydrogen-bond acceptors (Lipinski definition) is 2. The third kappa shape index (κ3) is 1.19. The average molecular weight is 180 g/mol. The molecule has 2 atom stereocenters. The molecule has 1 saturated carbocycles. The standard InChI is InChI=1S/C11H16O2/c1-7(12)13-10-5-4-8-6-9(10)11(8,2)3/h5,8-9H,4,6H2,1-3H3/t8-,9-/m1/s1. The molecule has 0 aromatic carbocycles. The molecule has 0 spiro atoms. The van der Waals surface area contributed by atoms with E-state index in [1.54, 1.807) is 0 Å². The lowest BCUT2D eigenvalue weighted by Crippen LogP contribution is -2.48. The van der Waals surface area contributed by atoms with Gasteiger partial charge in [-0.15, -0.1) is 0 Å². The Bertz CT molecular complexity index is 276. The first-order valence-corrected chi connectivity index (χ1v) is 4.90. The maximum absolute atomic E-state index is 10.8. The monoisotopic (exact) mass is 180 g/mol. The fourth-order valence-electron chi connectivity index (χ4n) is 2.58. The van der Waals surface area contributed by atoms with Crippen molar-refractivity contribution < 1.29 is 9.53 Å². The van der Waals surface area contributed by atoms with Crippen molar-refractivity contribution in [2.45, 2.75) is 33.6 Å². The zero-order chi connectivity index (χ0) is 9.64. The van der Waals surface area contributed by atoms with Crippen LogP contribution in [0, 0.1) is 17.3 Å². The van der Waals surface area contributed by atoms with Crippen molar-refractivity contribution in [3.8, 4) is 0 Å². The molecule has 3 aliphatic rings. The maximum atomic E-state index is 10.8. The summed E-state index contributed by atoms with van der Waals surface area (Å²) in [7, 11) is 0. The predicted octanol–water partition coefficient (Wildman–Crippen LogP) is 2.50. The Labute approximate surface area is 79.0 Å². The number of fused-ring (bicyclic) bond motifs is 1. The van der Waals surface area contributed by atoms with Crippen LogP contribution in [0.3, 0.4) is 0 Å². The van der Waals surface area contributed by atoms with E-state index in [1.807, 2.05) is 0 Å². The van der Waals surface area contributed by atoms with E-state index in [0.29, 0.717) is 11.3 Å². The number of esters is 1. The minimum absolute atomic E-state index is 0.188. The van der Waals surface area contributed by atoms with Gasteiger partial charge < -0.3 is 4.74 Å². The van der Waals surface area contributed by atoms with E-state index in [9.17, 15) is 4.79 Å². The molecule has 72 valence electrons. The predicted molar refractivity (Wildman–Crippen MR) is 49.8 cm³/mol. The van der Waals surface area contributed by atoms with Crippen LogP contribution in [-0.2, 0) is 9.53 Å². The first kappa shape index (κ1) is 8.79. The molecule has 0 N–H and O–H groups in total. The number of rotatable bonds is 1. The van der Waals surface area contributed by atoms with Gasteiger partial charge in [0.1, 0.15) is 5.76 Å². The van der Waals surface area contributed by atoms with Gasteiger partial charge in [0.15, 0.2) is 0 Å². The molecule has 0 amide bonds. The Hall–Kier alpha value is -0.790. The maximum Gasteiger partial charge on any atom is 0.307 e. The number of allylic oxidation sites excluding steroid dienone is 2. The summed E-state index contributed by atoms with van der Waals surface area (Å²) in [5.41, 5.74) is 0.347. The topological polar surface area (TPSA) is 26.3 Å². The van der Waals surface area contributed by atoms with Crippen LogP contribution in [0.4, 0.5) is 0 Å². The first-order chi connectivity index (χ1) is 6.01. The molecule has 0 aliphatic heterocycles. The normalized spacial score (nSPS) is 34.5. The molecule has 2 heteroatoms. The van der Waals surface area contributed by atoms with Crippen molar-refractivity contribution in [2.24, 2.45) is 17.3 Å². The molecule has 0 radical (unpaired) electrons. The highest BCUT2D eigenvalue weighted by molar-refractivity contribution is 5.67. The van der Waals surface area contributed by atoms with Gasteiger partial charge in [0.05, 0.1) is 0 Å². The summed E-state index contributed by atoms with van der Waals surface area (Å²) >= 11 is 0. The molecule has 0 unspecified atom stereocenters. The average Bonchev–Trinajstić information content (AvgIpc) is 2.03. The number of ether oxygens (including phenoxy) is 1. The second-order valence-corrected chi connectivity index (χ2v) is 4.74. The quantitative estimate of drug-likeness (QED) is 0.579. The van der Waals surface area contributed by atoms with Gasteiger partial charge in [-0.25, -0.2) is 0 Å². The van der Waals surface area contributed by atoms with E-state index in [4.69, 9.17) is 4.74 Å². The van der Waals surface area contributed by atoms with E-state index >= 15 is 0 Å². The van der Waals surface area contributed by atoms with E-state index < -0.39 is 0 Å². The number of carbonyl (C=O) groups excluding carboxylic acids is 1. The Morgan fingerprint density at radius 3 is 2.77 bits per heavy atom. The van der Waals surface area contributed by atoms with Crippen molar-refractivity contribution in [3.05, 3.63) is 11.8 Å². The van der Waals surface area contributed by atoms with Gasteiger partial charge in [-0.05, 0) is 30.3 Å². The summed E-state index contributed by atoms with van der Waals surface area (Å²) in [5, 5.41) is 0. The van der Waals surface area contributed by atoms with E-state index in [0.717, 1.165) is 18.1 Å². The highest BCUT2D eigenvalue weighted by atomic mass is 16.5. The Morgan fingerprint density at radius 1 is 1.62 bits per heavy atom. The van der Waals surface area contributed by atoms with Gasteiger partial charge in [-0.1, -0.05) is 13.8 Å². The largest absolute Gasteiger partial charge is 0.431 e. The van der Waals surface area contributed by atoms with E-state index in [-0.39, 0.29) is 5.97 Å². The van der Waals surface area contributed by atoms with Crippen LogP contribution in [0.15, 0.2) is 11.8 Å². The molecule has 3 rings (SSSR count). The van der Waals surface area contributed by atoms with Crippen LogP contribution >= 0.6 is 0 Å². The van der Waals surface area contributed by atoms with Crippen molar-refractivity contribution in [2.75, 3.05) is 0 Å². The van der Waals surface area contributed by atoms with Gasteiger partial charge in [-0.2, -0.15) is 0 Å². The molecule has 0 aromatic heterocycles. The lowest BCUT2D eigenvalue weighted by atomic mass is 9.50. The first-order valence-electron chi connectivity index (χ1n) is 4.90. The van der Waals surface area contributed by atoms with E-state index in [2.05, 4.69) is 19.9 Å². The zero-order valence-corrected chi connectivity index (χ0v) is 8.46. The minimum atomic E-state index is -0.188. The molecule has 3 aliphatic carbocycles. The third-order valence-electron chi connectivity index (χ3n) is 3.68. The summed E-state index contributed by atoms with van der Waals surface area (Å²) < 4.78 is 5.20. The Kier molecular flexibility index (Phi) is 1.76. The smallest absolute Gasteiger partial charge is 0.307 e. The van der Waals surface area contributed by atoms with Gasteiger partial charge in [0.2, 0.25) is 0 Å². The van der Waals surface area contributed by atoms with Gasteiger partial charge in [-0.3, -0.25) is 4.79 Å². The van der Waals surface area contributed by atoms with Crippen molar-refractivity contribution >= 4 is 5.97 Å². The van der Waals surface area contributed by atoms with Crippen LogP contribution in [-0.4, -0.2) is 5.97 Å². The van der Waals surface area contributed by atoms with Crippen LogP contribution in [0.5, 0.6) is 0 Å². The summed E-state index contributed by atoms with van der Waals surface area (Å²) in [6, 6.07) is 0. The van der Waals surface area contributed by atoms with Gasteiger partial charge in [0, 0.05) is 12.8 Å². The molecule has 1 fully saturated rings. The lowest BCUT2D eigenvalue weighted by Gasteiger charge is -2.55. The molecule has 0 aromatic rings. The molecule has 0 saturated heterocycles. The zero-order valence-electron chi connectivity index (χ0n) is 8.46. The minimum Gasteiger partial charge on any atom is -0.431 e. The molecular formula is C11H16O2. The second-order valence-electron chi connectivity index (χ2n) is 4.74. The van der Waals surface area contributed by atoms with Crippen LogP contribution in [0.1, 0.15) is 33.6 Å². The molecule has 0 heterocycles. The fourth-order valence-corrected chi connectivity index (χ4v) is 2.58. The molecule has 2 bridgehead atoms. The summed E-state index contributed by atoms with van der Waals surface area (Å²) in [4.78, 5) is 10.8. The SMILES string of the molecule is CC(=O)OC1=CC[C@@H]2C[C@H]1C2(C)C. The third-order valence-corrected chi connectivity index (χ3v) is 3.68. The number of hydrogen-bond donors (Lipinski definition) is 0. The van der Waals surface area contributed by atoms with Crippen molar-refractivity contribution in [3.63, 3.8) is 0 Å². The molecular weight excluding hydrogens is 164 g/mol. The van der Waals surface area contributed by atoms with Crippen LogP contribution < -0.4 is 0 Å². The van der Waals surface area contributed by atoms with Gasteiger partial charge >= 0.3 is 5.97 Å². The van der Waals surface area contributed by atoms with Crippen molar-refractivity contribution in [1.29, 1.82) is 0 Å². The van der Waals surface area contributed by atoms with Crippen molar-refractivity contribution in [1.82, 2.24) is 0 Å².